The van der Waals surface area contributed by atoms with Crippen molar-refractivity contribution in [1.29, 1.82) is 0 Å². The Hall–Kier alpha value is 2.08. The second kappa shape index (κ2) is 4.07. The van der Waals surface area contributed by atoms with Crippen molar-refractivity contribution in [3.63, 3.8) is 0 Å². The van der Waals surface area contributed by atoms with Gasteiger partial charge >= 0.3 is 82.4 Å². The van der Waals surface area contributed by atoms with E-state index in [0.29, 0.717) is 0 Å². The molecule has 0 unspecified atom stereocenters. The Morgan fingerprint density at radius 1 is 1.45 bits per heavy atom. The average Bonchev–Trinajstić information content (AvgIpc) is 1.79. The molecule has 0 spiro atoms. The van der Waals surface area contributed by atoms with Gasteiger partial charge in [-0.2, -0.15) is 0 Å². The van der Waals surface area contributed by atoms with Crippen LogP contribution in [0.5, 0.6) is 0 Å². The molecule has 11 heavy (non-hydrogen) atoms. The zero-order chi connectivity index (χ0) is 8.54. The Morgan fingerprint density at radius 3 is 2.36 bits per heavy atom. The normalized spacial score (nSPS) is 26.1. The fourth-order valence-corrected chi connectivity index (χ4v) is 105. The van der Waals surface area contributed by atoms with Gasteiger partial charge in [0, 0.05) is 0 Å². The van der Waals surface area contributed by atoms with Crippen molar-refractivity contribution >= 4 is 48.9 Å². The molecule has 0 N–H and O–H groups in total. The first kappa shape index (κ1) is 11.2. The number of rotatable bonds is 3. The number of hydrogen-bond acceptors (Lipinski definition) is 4. The quantitative estimate of drug-likeness (QED) is 0.561. The molecule has 6 heteroatoms. The van der Waals surface area contributed by atoms with Gasteiger partial charge in [-0.1, -0.05) is 0 Å². The van der Waals surface area contributed by atoms with Gasteiger partial charge in [-0.05, 0) is 0 Å². The minimum atomic E-state index is -1.79. The maximum atomic E-state index is 11.8. The third-order valence-electron chi connectivity index (χ3n) is 1.12. The summed E-state index contributed by atoms with van der Waals surface area (Å²) >= 11 is -0.0460. The fraction of sp³-hybridized carbons (Fsp3) is 1.00. The van der Waals surface area contributed by atoms with Crippen LogP contribution in [0.15, 0.2) is 0 Å². The molecule has 1 saturated heterocycles. The van der Waals surface area contributed by atoms with Crippen LogP contribution in [-0.2, 0) is 4.57 Å². The first-order chi connectivity index (χ1) is 4.97. The molecule has 0 atom stereocenters. The Bertz CT molecular complexity index is 184. The van der Waals surface area contributed by atoms with E-state index >= 15 is 0 Å². The average molecular weight is 335 g/mol. The van der Waals surface area contributed by atoms with Crippen LogP contribution >= 0.6 is 33.3 Å². The zero-order valence-corrected chi connectivity index (χ0v) is 13.2. The van der Waals surface area contributed by atoms with Crippen LogP contribution in [0.4, 0.5) is 0 Å². The van der Waals surface area contributed by atoms with Gasteiger partial charge in [-0.25, -0.2) is 0 Å². The molecule has 66 valence electrons. The van der Waals surface area contributed by atoms with Crippen LogP contribution in [0.25, 0.3) is 0 Å². The van der Waals surface area contributed by atoms with Gasteiger partial charge in [0.2, 0.25) is 0 Å². The van der Waals surface area contributed by atoms with E-state index in [0.717, 1.165) is 12.2 Å². The summed E-state index contributed by atoms with van der Waals surface area (Å²) < 4.78 is 10.00. The van der Waals surface area contributed by atoms with E-state index in [2.05, 4.69) is 16.8 Å². The van der Waals surface area contributed by atoms with E-state index in [1.807, 2.05) is 17.1 Å². The summed E-state index contributed by atoms with van der Waals surface area (Å²) in [7, 11) is 3.73. The second-order valence-electron chi connectivity index (χ2n) is 2.86. The molecule has 0 aromatic heterocycles. The molecule has 0 saturated carbocycles. The first-order valence-electron chi connectivity index (χ1n) is 3.63. The molecule has 1 heterocycles. The van der Waals surface area contributed by atoms with Gasteiger partial charge in [-0.15, -0.1) is 0 Å². The Labute approximate surface area is 81.6 Å². The molecule has 1 nitrogen and oxygen atoms in total. The predicted octanol–water partition coefficient (Wildman–Crippen LogP) is 4.42. The molecule has 1 rings (SSSR count). The zero-order valence-electron chi connectivity index (χ0n) is 6.99. The Kier molecular flexibility index (Phi) is 4.13. The van der Waals surface area contributed by atoms with Gasteiger partial charge in [0.15, 0.2) is 0 Å². The van der Waals surface area contributed by atoms with Crippen molar-refractivity contribution in [3.8, 4) is 0 Å². The second-order valence-corrected chi connectivity index (χ2v) is 46.2. The summed E-state index contributed by atoms with van der Waals surface area (Å²) in [4.78, 5) is 4.68. The monoisotopic (exact) mass is 336 g/mol. The standard InChI is InChI=1S/C3H9OPS3.2CH3.Sn/c1-2-3-8-5(4,6)7;;;/h2-3H2,1H3,(H2,4,6,7);2*1H3;/q;;;+2/p-2. The van der Waals surface area contributed by atoms with Crippen LogP contribution < -0.4 is 0 Å². The fourth-order valence-electron chi connectivity index (χ4n) is 0.801. The summed E-state index contributed by atoms with van der Waals surface area (Å²) in [6.45, 7) is 2.14. The van der Waals surface area contributed by atoms with Crippen molar-refractivity contribution in [3.05, 3.63) is 0 Å². The molecule has 0 amide bonds. The molecule has 0 radical (unpaired) electrons. The van der Waals surface area contributed by atoms with Crippen molar-refractivity contribution in [2.24, 2.45) is 0 Å². The molecule has 1 aliphatic rings. The van der Waals surface area contributed by atoms with Crippen LogP contribution in [0.2, 0.25) is 9.88 Å². The molecule has 1 aliphatic heterocycles. The molecular formula is C5H13OPS3Sn. The van der Waals surface area contributed by atoms with Gasteiger partial charge < -0.3 is 0 Å². The molecule has 0 aromatic carbocycles. The van der Waals surface area contributed by atoms with Crippen molar-refractivity contribution < 1.29 is 4.57 Å². The summed E-state index contributed by atoms with van der Waals surface area (Å²) in [5.41, 5.74) is 0. The minimum absolute atomic E-state index is 1.07. The summed E-state index contributed by atoms with van der Waals surface area (Å²) in [6.07, 6.45) is 1.14. The van der Waals surface area contributed by atoms with E-state index in [-0.39, 0.29) is 0 Å². The predicted molar refractivity (Wildman–Crippen MR) is 63.0 cm³/mol. The van der Waals surface area contributed by atoms with Gasteiger partial charge in [0.25, 0.3) is 0 Å². The molecular weight excluding hydrogens is 322 g/mol. The molecule has 0 aromatic rings. The van der Waals surface area contributed by atoms with Gasteiger partial charge in [0.1, 0.15) is 0 Å². The van der Waals surface area contributed by atoms with Crippen molar-refractivity contribution in [2.75, 3.05) is 5.75 Å². The van der Waals surface area contributed by atoms with E-state index in [1.165, 1.54) is 0 Å². The van der Waals surface area contributed by atoms with Crippen LogP contribution in [0.3, 0.4) is 0 Å². The SMILES string of the molecule is CCCSP1(=O)[S][Sn]([CH3])([CH3])[S]1. The van der Waals surface area contributed by atoms with Crippen LogP contribution in [0.1, 0.15) is 13.3 Å². The molecule has 0 bridgehead atoms. The number of hydrogen-bond donors (Lipinski definition) is 0. The van der Waals surface area contributed by atoms with Gasteiger partial charge in [0.05, 0.1) is 0 Å². The van der Waals surface area contributed by atoms with E-state index < -0.39 is 20.4 Å². The Morgan fingerprint density at radius 2 is 2.00 bits per heavy atom. The first-order valence-corrected chi connectivity index (χ1v) is 22.5. The van der Waals surface area contributed by atoms with E-state index in [9.17, 15) is 4.57 Å². The Balaban J connectivity index is 2.32. The van der Waals surface area contributed by atoms with Crippen LogP contribution in [-0.4, -0.2) is 21.4 Å². The summed E-state index contributed by atoms with van der Waals surface area (Å²) in [6, 6.07) is 0. The van der Waals surface area contributed by atoms with E-state index in [1.54, 1.807) is 11.4 Å². The third-order valence-corrected chi connectivity index (χ3v) is 71.8. The van der Waals surface area contributed by atoms with Gasteiger partial charge in [-0.3, -0.25) is 0 Å². The van der Waals surface area contributed by atoms with Crippen LogP contribution in [0, 0.1) is 0 Å². The maximum absolute atomic E-state index is 11.8. The van der Waals surface area contributed by atoms with Crippen molar-refractivity contribution in [1.82, 2.24) is 0 Å². The third kappa shape index (κ3) is 3.37. The summed E-state index contributed by atoms with van der Waals surface area (Å²) in [5.74, 6) is 1.07. The molecule has 0 aliphatic carbocycles. The molecule has 1 fully saturated rings. The topological polar surface area (TPSA) is 17.1 Å². The van der Waals surface area contributed by atoms with Crippen molar-refractivity contribution in [2.45, 2.75) is 23.2 Å². The summed E-state index contributed by atoms with van der Waals surface area (Å²) in [5, 5.41) is 0. The van der Waals surface area contributed by atoms with E-state index in [4.69, 9.17) is 0 Å².